The molecule has 0 saturated heterocycles. The Morgan fingerprint density at radius 3 is 1.89 bits per heavy atom. The van der Waals surface area contributed by atoms with Crippen molar-refractivity contribution >= 4 is 47.0 Å². The second-order valence-electron chi connectivity index (χ2n) is 14.8. The van der Waals surface area contributed by atoms with Crippen LogP contribution < -0.4 is 0 Å². The van der Waals surface area contributed by atoms with Crippen molar-refractivity contribution < 1.29 is 43.1 Å². The Labute approximate surface area is 314 Å². The lowest BCUT2D eigenvalue weighted by Crippen LogP contribution is -2.30. The number of benzene rings is 1. The van der Waals surface area contributed by atoms with Crippen LogP contribution in [-0.2, 0) is 49.5 Å². The number of hydrogen-bond donors (Lipinski definition) is 0. The lowest BCUT2D eigenvalue weighted by Gasteiger charge is -2.16. The SMILES string of the molecule is C[C@H](C=O)OCCCCC(=O)CC1CC1C(=O)[C@@H](CCCC(=O)CCCCC(=O)CCCC(=O)CCCCCN1C(=O)C=CC1=O)Cc1ccccc1. The molecule has 1 aromatic rings. The van der Waals surface area contributed by atoms with Crippen LogP contribution in [0, 0.1) is 17.8 Å². The van der Waals surface area contributed by atoms with Crippen molar-refractivity contribution in [1.29, 1.82) is 0 Å². The van der Waals surface area contributed by atoms with Crippen molar-refractivity contribution in [1.82, 2.24) is 4.90 Å². The molecule has 0 radical (unpaired) electrons. The highest BCUT2D eigenvalue weighted by Gasteiger charge is 2.45. The normalized spacial score (nSPS) is 17.5. The summed E-state index contributed by atoms with van der Waals surface area (Å²) in [4.78, 5) is 98.2. The molecule has 1 saturated carbocycles. The second kappa shape index (κ2) is 24.4. The first-order chi connectivity index (χ1) is 25.6. The molecular weight excluding hydrogens is 674 g/mol. The van der Waals surface area contributed by atoms with Gasteiger partial charge in [0.1, 0.15) is 41.3 Å². The number of aldehydes is 1. The number of ether oxygens (including phenoxy) is 1. The van der Waals surface area contributed by atoms with E-state index in [9.17, 15) is 38.4 Å². The van der Waals surface area contributed by atoms with E-state index in [4.69, 9.17) is 4.74 Å². The summed E-state index contributed by atoms with van der Waals surface area (Å²) in [5, 5.41) is 0. The fourth-order valence-corrected chi connectivity index (χ4v) is 6.96. The van der Waals surface area contributed by atoms with E-state index in [-0.39, 0.29) is 58.5 Å². The first-order valence-corrected chi connectivity index (χ1v) is 19.8. The minimum atomic E-state index is -0.431. The molecule has 0 N–H and O–H groups in total. The van der Waals surface area contributed by atoms with Gasteiger partial charge < -0.3 is 9.53 Å². The average Bonchev–Trinajstić information content (AvgIpc) is 3.83. The summed E-state index contributed by atoms with van der Waals surface area (Å²) in [6.07, 6.45) is 14.1. The molecule has 53 heavy (non-hydrogen) atoms. The fraction of sp³-hybridized carbons (Fsp3) is 0.628. The summed E-state index contributed by atoms with van der Waals surface area (Å²) < 4.78 is 5.33. The minimum absolute atomic E-state index is 0.0912. The van der Waals surface area contributed by atoms with Crippen LogP contribution in [0.5, 0.6) is 0 Å². The molecule has 3 rings (SSSR count). The van der Waals surface area contributed by atoms with E-state index in [0.29, 0.717) is 122 Å². The molecule has 10 heteroatoms. The number of rotatable bonds is 32. The lowest BCUT2D eigenvalue weighted by molar-refractivity contribution is -0.137. The predicted molar refractivity (Wildman–Crippen MR) is 201 cm³/mol. The van der Waals surface area contributed by atoms with Crippen LogP contribution in [0.1, 0.15) is 134 Å². The molecule has 1 heterocycles. The number of unbranched alkanes of at least 4 members (excludes halogenated alkanes) is 4. The zero-order valence-corrected chi connectivity index (χ0v) is 31.6. The van der Waals surface area contributed by atoms with E-state index in [1.807, 2.05) is 30.3 Å². The zero-order valence-electron chi connectivity index (χ0n) is 31.6. The maximum atomic E-state index is 13.6. The molecule has 10 nitrogen and oxygen atoms in total. The van der Waals surface area contributed by atoms with Gasteiger partial charge in [0.25, 0.3) is 11.8 Å². The maximum Gasteiger partial charge on any atom is 0.253 e. The zero-order chi connectivity index (χ0) is 38.4. The van der Waals surface area contributed by atoms with Crippen molar-refractivity contribution in [2.75, 3.05) is 13.2 Å². The molecule has 1 aliphatic heterocycles. The van der Waals surface area contributed by atoms with E-state index in [1.165, 1.54) is 17.1 Å². The van der Waals surface area contributed by atoms with Crippen LogP contribution in [0.2, 0.25) is 0 Å². The Bertz CT molecular complexity index is 1400. The highest BCUT2D eigenvalue weighted by Crippen LogP contribution is 2.45. The van der Waals surface area contributed by atoms with Crippen molar-refractivity contribution in [3.63, 3.8) is 0 Å². The van der Waals surface area contributed by atoms with Crippen molar-refractivity contribution in [3.05, 3.63) is 48.0 Å². The molecule has 1 fully saturated rings. The number of imide groups is 1. The lowest BCUT2D eigenvalue weighted by atomic mass is 9.87. The molecular formula is C43H59NO9. The van der Waals surface area contributed by atoms with Crippen LogP contribution in [0.25, 0.3) is 0 Å². The van der Waals surface area contributed by atoms with Gasteiger partial charge in [0.2, 0.25) is 0 Å². The molecule has 2 unspecified atom stereocenters. The third kappa shape index (κ3) is 17.6. The number of Topliss-reactive ketones (excluding diaryl/α,β-unsaturated/α-hetero) is 5. The summed E-state index contributed by atoms with van der Waals surface area (Å²) in [5.74, 6) is -0.00175. The summed E-state index contributed by atoms with van der Waals surface area (Å²) in [7, 11) is 0. The molecule has 0 bridgehead atoms. The van der Waals surface area contributed by atoms with Crippen molar-refractivity contribution in [2.24, 2.45) is 17.8 Å². The van der Waals surface area contributed by atoms with E-state index in [0.717, 1.165) is 31.1 Å². The van der Waals surface area contributed by atoms with Gasteiger partial charge in [-0.05, 0) is 89.0 Å². The van der Waals surface area contributed by atoms with E-state index < -0.39 is 6.10 Å². The Balaban J connectivity index is 1.24. The minimum Gasteiger partial charge on any atom is -0.371 e. The van der Waals surface area contributed by atoms with Crippen LogP contribution in [0.3, 0.4) is 0 Å². The first kappa shape index (κ1) is 43.5. The number of carbonyl (C=O) groups excluding carboxylic acids is 8. The average molecular weight is 734 g/mol. The fourth-order valence-electron chi connectivity index (χ4n) is 6.96. The van der Waals surface area contributed by atoms with Gasteiger partial charge in [-0.15, -0.1) is 0 Å². The van der Waals surface area contributed by atoms with Crippen molar-refractivity contribution in [3.8, 4) is 0 Å². The topological polar surface area (TPSA) is 149 Å². The second-order valence-corrected chi connectivity index (χ2v) is 14.8. The molecule has 4 atom stereocenters. The molecule has 1 aliphatic carbocycles. The van der Waals surface area contributed by atoms with Crippen LogP contribution in [0.15, 0.2) is 42.5 Å². The summed E-state index contributed by atoms with van der Waals surface area (Å²) >= 11 is 0. The van der Waals surface area contributed by atoms with Gasteiger partial charge in [-0.25, -0.2) is 0 Å². The van der Waals surface area contributed by atoms with E-state index in [1.54, 1.807) is 6.92 Å². The molecule has 2 amide bonds. The van der Waals surface area contributed by atoms with Gasteiger partial charge in [-0.2, -0.15) is 0 Å². The van der Waals surface area contributed by atoms with Gasteiger partial charge >= 0.3 is 0 Å². The number of hydrogen-bond acceptors (Lipinski definition) is 9. The monoisotopic (exact) mass is 733 g/mol. The molecule has 0 spiro atoms. The summed E-state index contributed by atoms with van der Waals surface area (Å²) in [5.41, 5.74) is 1.09. The smallest absolute Gasteiger partial charge is 0.253 e. The Morgan fingerprint density at radius 2 is 1.26 bits per heavy atom. The highest BCUT2D eigenvalue weighted by molar-refractivity contribution is 6.12. The Kier molecular flexibility index (Phi) is 20.0. The highest BCUT2D eigenvalue weighted by atomic mass is 16.5. The van der Waals surface area contributed by atoms with Crippen LogP contribution >= 0.6 is 0 Å². The largest absolute Gasteiger partial charge is 0.371 e. The Morgan fingerprint density at radius 1 is 0.717 bits per heavy atom. The summed E-state index contributed by atoms with van der Waals surface area (Å²) in [6, 6.07) is 9.91. The third-order valence-electron chi connectivity index (χ3n) is 10.2. The van der Waals surface area contributed by atoms with E-state index in [2.05, 4.69) is 0 Å². The number of amides is 2. The van der Waals surface area contributed by atoms with E-state index >= 15 is 0 Å². The van der Waals surface area contributed by atoms with Gasteiger partial charge in [-0.1, -0.05) is 36.8 Å². The van der Waals surface area contributed by atoms with Gasteiger partial charge in [0.15, 0.2) is 0 Å². The summed E-state index contributed by atoms with van der Waals surface area (Å²) in [6.45, 7) is 2.51. The molecule has 2 aliphatic rings. The molecule has 0 aromatic heterocycles. The van der Waals surface area contributed by atoms with Gasteiger partial charge in [0.05, 0.1) is 0 Å². The number of ketones is 5. The third-order valence-corrected chi connectivity index (χ3v) is 10.2. The number of carbonyl (C=O) groups is 8. The first-order valence-electron chi connectivity index (χ1n) is 19.8. The van der Waals surface area contributed by atoms with Gasteiger partial charge in [-0.3, -0.25) is 38.5 Å². The van der Waals surface area contributed by atoms with Crippen molar-refractivity contribution in [2.45, 2.75) is 141 Å². The molecule has 290 valence electrons. The van der Waals surface area contributed by atoms with Gasteiger partial charge in [0, 0.05) is 88.5 Å². The molecule has 1 aromatic carbocycles. The quantitative estimate of drug-likeness (QED) is 0.0439. The standard InChI is InChI=1S/C43H59NO9/c1-32(31-45)53-27-11-9-20-39(49)29-35-30-40(35)43(52)34(28-33-14-4-2-5-15-33)16-12-21-37(47)18-7-8-19-38(48)23-13-22-36(46)17-6-3-10-26-44-41(50)24-25-42(44)51/h2,4-5,14-15,24-25,31-32,34-35,40H,3,6-13,16-23,26-30H2,1H3/t32-,34+,35?,40?/m1/s1. The number of nitrogens with zero attached hydrogens (tertiary/aromatic N) is 1. The Hall–Kier alpha value is -3.92. The van der Waals surface area contributed by atoms with Crippen LogP contribution in [-0.4, -0.2) is 71.2 Å². The maximum absolute atomic E-state index is 13.6. The predicted octanol–water partition coefficient (Wildman–Crippen LogP) is 6.88. The van der Waals surface area contributed by atoms with Crippen LogP contribution in [0.4, 0.5) is 0 Å².